The molecule has 0 bridgehead atoms. The van der Waals surface area contributed by atoms with Gasteiger partial charge in [-0.3, -0.25) is 0 Å². The zero-order chi connectivity index (χ0) is 18.1. The smallest absolute Gasteiger partial charge is 0.407 e. The van der Waals surface area contributed by atoms with Crippen LogP contribution in [0.5, 0.6) is 0 Å². The number of alkyl carbamates (subject to hydrolysis) is 1. The molecule has 0 unspecified atom stereocenters. The van der Waals surface area contributed by atoms with Gasteiger partial charge in [0.2, 0.25) is 0 Å². The minimum Gasteiger partial charge on any atom is -0.478 e. The van der Waals surface area contributed by atoms with Crippen LogP contribution in [0.1, 0.15) is 27.9 Å². The van der Waals surface area contributed by atoms with Gasteiger partial charge in [0, 0.05) is 12.1 Å². The molecule has 5 nitrogen and oxygen atoms in total. The standard InChI is InChI=1S/C19H18FNO4/c20-17-12-16(18(22)23)10-9-15(17)8-4-5-11-21-19(24)25-13-14-6-2-1-3-7-14/h1-4,6-10,12H,5,11,13H2,(H,21,24)(H,22,23). The lowest BCUT2D eigenvalue weighted by Crippen LogP contribution is -2.24. The largest absolute Gasteiger partial charge is 0.478 e. The fraction of sp³-hybridized carbons (Fsp3) is 0.158. The number of carboxylic acids is 1. The number of nitrogens with one attached hydrogen (secondary N) is 1. The number of aromatic carboxylic acids is 1. The van der Waals surface area contributed by atoms with Crippen LogP contribution in [-0.4, -0.2) is 23.7 Å². The summed E-state index contributed by atoms with van der Waals surface area (Å²) in [7, 11) is 0. The average Bonchev–Trinajstić information content (AvgIpc) is 2.61. The van der Waals surface area contributed by atoms with Gasteiger partial charge in [0.05, 0.1) is 5.56 Å². The molecule has 2 aromatic rings. The van der Waals surface area contributed by atoms with Crippen molar-refractivity contribution in [2.45, 2.75) is 13.0 Å². The average molecular weight is 343 g/mol. The predicted molar refractivity (Wildman–Crippen MR) is 91.6 cm³/mol. The van der Waals surface area contributed by atoms with Crippen LogP contribution in [0.2, 0.25) is 0 Å². The number of carbonyl (C=O) groups is 2. The molecule has 0 heterocycles. The van der Waals surface area contributed by atoms with E-state index in [1.807, 2.05) is 30.3 Å². The third-order valence-electron chi connectivity index (χ3n) is 3.34. The first-order valence-corrected chi connectivity index (χ1v) is 7.70. The Morgan fingerprint density at radius 3 is 2.60 bits per heavy atom. The fourth-order valence-corrected chi connectivity index (χ4v) is 2.04. The first-order valence-electron chi connectivity index (χ1n) is 7.70. The second-order valence-corrected chi connectivity index (χ2v) is 5.22. The maximum absolute atomic E-state index is 13.7. The molecule has 2 aromatic carbocycles. The molecule has 2 N–H and O–H groups in total. The van der Waals surface area contributed by atoms with Gasteiger partial charge in [0.15, 0.2) is 0 Å². The van der Waals surface area contributed by atoms with Crippen LogP contribution >= 0.6 is 0 Å². The number of carbonyl (C=O) groups excluding carboxylic acids is 1. The van der Waals surface area contributed by atoms with Gasteiger partial charge in [-0.25, -0.2) is 14.0 Å². The molecular formula is C19H18FNO4. The van der Waals surface area contributed by atoms with Crippen molar-refractivity contribution in [3.05, 3.63) is 77.1 Å². The summed E-state index contributed by atoms with van der Waals surface area (Å²) in [4.78, 5) is 22.3. The van der Waals surface area contributed by atoms with Crippen molar-refractivity contribution in [1.29, 1.82) is 0 Å². The lowest BCUT2D eigenvalue weighted by Gasteiger charge is -2.06. The third kappa shape index (κ3) is 6.10. The molecule has 0 aliphatic carbocycles. The highest BCUT2D eigenvalue weighted by atomic mass is 19.1. The van der Waals surface area contributed by atoms with E-state index in [2.05, 4.69) is 5.32 Å². The maximum Gasteiger partial charge on any atom is 0.407 e. The normalized spacial score (nSPS) is 10.6. The Bertz CT molecular complexity index is 759. The van der Waals surface area contributed by atoms with Crippen LogP contribution in [0.4, 0.5) is 9.18 Å². The SMILES string of the molecule is O=C(NCCC=Cc1ccc(C(=O)O)cc1F)OCc1ccccc1. The summed E-state index contributed by atoms with van der Waals surface area (Å²) in [6.07, 6.45) is 3.20. The highest BCUT2D eigenvalue weighted by molar-refractivity contribution is 5.87. The lowest BCUT2D eigenvalue weighted by molar-refractivity contribution is 0.0696. The summed E-state index contributed by atoms with van der Waals surface area (Å²) in [6.45, 7) is 0.544. The van der Waals surface area contributed by atoms with Gasteiger partial charge >= 0.3 is 12.1 Å². The second kappa shape index (κ2) is 9.22. The number of carboxylic acid groups (broad SMARTS) is 1. The number of benzene rings is 2. The molecule has 2 rings (SSSR count). The molecule has 0 fully saturated rings. The monoisotopic (exact) mass is 343 g/mol. The van der Waals surface area contributed by atoms with Crippen LogP contribution in [0.15, 0.2) is 54.6 Å². The van der Waals surface area contributed by atoms with Gasteiger partial charge < -0.3 is 15.2 Å². The number of hydrogen-bond donors (Lipinski definition) is 2. The van der Waals surface area contributed by atoms with Crippen molar-refractivity contribution < 1.29 is 23.8 Å². The Kier molecular flexibility index (Phi) is 6.71. The van der Waals surface area contributed by atoms with E-state index in [4.69, 9.17) is 9.84 Å². The number of hydrogen-bond acceptors (Lipinski definition) is 3. The summed E-state index contributed by atoms with van der Waals surface area (Å²) in [5.41, 5.74) is 1.09. The van der Waals surface area contributed by atoms with Gasteiger partial charge in [-0.15, -0.1) is 0 Å². The molecule has 6 heteroatoms. The van der Waals surface area contributed by atoms with Crippen molar-refractivity contribution in [1.82, 2.24) is 5.32 Å². The Morgan fingerprint density at radius 2 is 1.92 bits per heavy atom. The van der Waals surface area contributed by atoms with E-state index in [0.717, 1.165) is 11.6 Å². The minimum absolute atomic E-state index is 0.0996. The van der Waals surface area contributed by atoms with Gasteiger partial charge in [-0.1, -0.05) is 48.6 Å². The van der Waals surface area contributed by atoms with Crippen LogP contribution < -0.4 is 5.32 Å². The molecule has 0 saturated heterocycles. The second-order valence-electron chi connectivity index (χ2n) is 5.22. The molecule has 0 radical (unpaired) electrons. The van der Waals surface area contributed by atoms with Gasteiger partial charge in [0.1, 0.15) is 12.4 Å². The summed E-state index contributed by atoms with van der Waals surface area (Å²) < 4.78 is 18.8. The molecule has 0 atom stereocenters. The van der Waals surface area contributed by atoms with E-state index in [9.17, 15) is 14.0 Å². The molecular weight excluding hydrogens is 325 g/mol. The van der Waals surface area contributed by atoms with Crippen molar-refractivity contribution in [3.63, 3.8) is 0 Å². The quantitative estimate of drug-likeness (QED) is 0.749. The predicted octanol–water partition coefficient (Wildman–Crippen LogP) is 3.85. The summed E-state index contributed by atoms with van der Waals surface area (Å²) >= 11 is 0. The number of rotatable bonds is 7. The molecule has 0 spiro atoms. The molecule has 25 heavy (non-hydrogen) atoms. The summed E-state index contributed by atoms with van der Waals surface area (Å²) in [5.74, 6) is -1.78. The number of halogens is 1. The molecule has 0 aliphatic heterocycles. The van der Waals surface area contributed by atoms with Crippen molar-refractivity contribution >= 4 is 18.1 Å². The van der Waals surface area contributed by atoms with E-state index in [0.29, 0.717) is 13.0 Å². The van der Waals surface area contributed by atoms with Gasteiger partial charge in [-0.2, -0.15) is 0 Å². The highest BCUT2D eigenvalue weighted by Gasteiger charge is 2.06. The molecule has 0 aromatic heterocycles. The number of ether oxygens (including phenoxy) is 1. The minimum atomic E-state index is -1.17. The van der Waals surface area contributed by atoms with Gasteiger partial charge in [0.25, 0.3) is 0 Å². The van der Waals surface area contributed by atoms with E-state index < -0.39 is 17.9 Å². The summed E-state index contributed by atoms with van der Waals surface area (Å²) in [6, 6.07) is 13.0. The number of amides is 1. The van der Waals surface area contributed by atoms with Crippen molar-refractivity contribution in [2.75, 3.05) is 6.54 Å². The molecule has 0 aliphatic rings. The van der Waals surface area contributed by atoms with E-state index >= 15 is 0 Å². The van der Waals surface area contributed by atoms with Crippen LogP contribution in [-0.2, 0) is 11.3 Å². The van der Waals surface area contributed by atoms with E-state index in [1.165, 1.54) is 18.2 Å². The van der Waals surface area contributed by atoms with Crippen molar-refractivity contribution in [2.24, 2.45) is 0 Å². The maximum atomic E-state index is 13.7. The lowest BCUT2D eigenvalue weighted by atomic mass is 10.1. The topological polar surface area (TPSA) is 75.6 Å². The zero-order valence-corrected chi connectivity index (χ0v) is 13.4. The van der Waals surface area contributed by atoms with Crippen LogP contribution in [0, 0.1) is 5.82 Å². The zero-order valence-electron chi connectivity index (χ0n) is 13.4. The molecule has 1 amide bonds. The molecule has 0 saturated carbocycles. The van der Waals surface area contributed by atoms with E-state index in [-0.39, 0.29) is 17.7 Å². The Morgan fingerprint density at radius 1 is 1.16 bits per heavy atom. The van der Waals surface area contributed by atoms with Crippen molar-refractivity contribution in [3.8, 4) is 0 Å². The fourth-order valence-electron chi connectivity index (χ4n) is 2.04. The first kappa shape index (κ1) is 18.2. The molecule has 130 valence electrons. The highest BCUT2D eigenvalue weighted by Crippen LogP contribution is 2.12. The van der Waals surface area contributed by atoms with Crippen LogP contribution in [0.3, 0.4) is 0 Å². The summed E-state index contributed by atoms with van der Waals surface area (Å²) in [5, 5.41) is 11.4. The Hall–Kier alpha value is -3.15. The third-order valence-corrected chi connectivity index (χ3v) is 3.34. The van der Waals surface area contributed by atoms with Crippen LogP contribution in [0.25, 0.3) is 6.08 Å². The Labute approximate surface area is 144 Å². The first-order chi connectivity index (χ1) is 12.1. The Balaban J connectivity index is 1.71. The van der Waals surface area contributed by atoms with E-state index in [1.54, 1.807) is 6.08 Å². The van der Waals surface area contributed by atoms with Gasteiger partial charge in [-0.05, 0) is 24.1 Å².